The van der Waals surface area contributed by atoms with Crippen molar-refractivity contribution in [3.8, 4) is 0 Å². The quantitative estimate of drug-likeness (QED) is 0.441. The first-order valence-corrected chi connectivity index (χ1v) is 7.39. The molecule has 110 valence electrons. The van der Waals surface area contributed by atoms with Crippen molar-refractivity contribution >= 4 is 11.9 Å². The minimum atomic E-state index is 0.661. The van der Waals surface area contributed by atoms with Gasteiger partial charge in [0.25, 0.3) is 0 Å². The molecular formula is C18H22N2O. The van der Waals surface area contributed by atoms with Crippen LogP contribution in [0.5, 0.6) is 0 Å². The molecule has 0 aromatic heterocycles. The van der Waals surface area contributed by atoms with Crippen LogP contribution in [0.25, 0.3) is 0 Å². The maximum Gasteiger partial charge on any atom is 0.0717 e. The average molecular weight is 282 g/mol. The summed E-state index contributed by atoms with van der Waals surface area (Å²) in [6, 6.07) is 18.1. The van der Waals surface area contributed by atoms with Crippen LogP contribution in [-0.4, -0.2) is 12.8 Å². The Balaban J connectivity index is 1.85. The van der Waals surface area contributed by atoms with Crippen LogP contribution < -0.4 is 5.43 Å². The summed E-state index contributed by atoms with van der Waals surface area (Å²) in [7, 11) is 0. The minimum absolute atomic E-state index is 0.661. The minimum Gasteiger partial charge on any atom is -0.377 e. The number of hydrazone groups is 1. The van der Waals surface area contributed by atoms with Gasteiger partial charge in [-0.1, -0.05) is 49.7 Å². The van der Waals surface area contributed by atoms with E-state index in [1.54, 1.807) is 0 Å². The molecule has 0 atom stereocenters. The Labute approximate surface area is 126 Å². The van der Waals surface area contributed by atoms with Gasteiger partial charge in [-0.25, -0.2) is 0 Å². The second-order valence-electron chi connectivity index (χ2n) is 4.89. The molecule has 3 heteroatoms. The van der Waals surface area contributed by atoms with E-state index in [1.807, 2.05) is 48.7 Å². The number of nitrogens with one attached hydrogen (secondary N) is 1. The molecule has 21 heavy (non-hydrogen) atoms. The van der Waals surface area contributed by atoms with Gasteiger partial charge in [-0.3, -0.25) is 5.43 Å². The second-order valence-corrected chi connectivity index (χ2v) is 4.89. The average Bonchev–Trinajstić information content (AvgIpc) is 2.53. The van der Waals surface area contributed by atoms with E-state index in [9.17, 15) is 0 Å². The summed E-state index contributed by atoms with van der Waals surface area (Å²) in [6.45, 7) is 3.65. The molecule has 2 aromatic rings. The number of benzene rings is 2. The fourth-order valence-corrected chi connectivity index (χ4v) is 1.89. The van der Waals surface area contributed by atoms with E-state index < -0.39 is 0 Å². The molecule has 0 aliphatic carbocycles. The Morgan fingerprint density at radius 3 is 2.76 bits per heavy atom. The van der Waals surface area contributed by atoms with Crippen molar-refractivity contribution in [2.24, 2.45) is 5.10 Å². The normalized spacial score (nSPS) is 10.9. The summed E-state index contributed by atoms with van der Waals surface area (Å²) < 4.78 is 5.63. The summed E-state index contributed by atoms with van der Waals surface area (Å²) >= 11 is 0. The Bertz CT molecular complexity index is 552. The van der Waals surface area contributed by atoms with E-state index in [0.29, 0.717) is 6.61 Å². The van der Waals surface area contributed by atoms with Gasteiger partial charge in [-0.2, -0.15) is 5.10 Å². The van der Waals surface area contributed by atoms with Crippen molar-refractivity contribution < 1.29 is 4.74 Å². The van der Waals surface area contributed by atoms with E-state index in [0.717, 1.165) is 30.7 Å². The van der Waals surface area contributed by atoms with Crippen LogP contribution >= 0.6 is 0 Å². The van der Waals surface area contributed by atoms with Gasteiger partial charge in [0.05, 0.1) is 18.5 Å². The van der Waals surface area contributed by atoms with Crippen LogP contribution in [-0.2, 0) is 11.3 Å². The predicted molar refractivity (Wildman–Crippen MR) is 88.7 cm³/mol. The summed E-state index contributed by atoms with van der Waals surface area (Å²) in [6.07, 6.45) is 4.10. The van der Waals surface area contributed by atoms with Crippen LogP contribution in [0.3, 0.4) is 0 Å². The molecule has 2 rings (SSSR count). The molecule has 2 aromatic carbocycles. The van der Waals surface area contributed by atoms with Crippen molar-refractivity contribution in [2.75, 3.05) is 12.0 Å². The van der Waals surface area contributed by atoms with Crippen LogP contribution in [0.2, 0.25) is 0 Å². The number of anilines is 1. The van der Waals surface area contributed by atoms with Gasteiger partial charge in [0, 0.05) is 6.61 Å². The molecular weight excluding hydrogens is 260 g/mol. The number of rotatable bonds is 8. The highest BCUT2D eigenvalue weighted by Crippen LogP contribution is 2.07. The maximum absolute atomic E-state index is 5.63. The van der Waals surface area contributed by atoms with Crippen molar-refractivity contribution in [1.82, 2.24) is 0 Å². The van der Waals surface area contributed by atoms with Gasteiger partial charge in [0.15, 0.2) is 0 Å². The Morgan fingerprint density at radius 2 is 1.95 bits per heavy atom. The first-order chi connectivity index (χ1) is 10.4. The van der Waals surface area contributed by atoms with Gasteiger partial charge in [0.1, 0.15) is 0 Å². The molecule has 0 saturated carbocycles. The second kappa shape index (κ2) is 8.93. The predicted octanol–water partition coefficient (Wildman–Crippen LogP) is 4.45. The topological polar surface area (TPSA) is 33.6 Å². The summed E-state index contributed by atoms with van der Waals surface area (Å²) in [5.74, 6) is 0. The van der Waals surface area contributed by atoms with Gasteiger partial charge in [-0.05, 0) is 35.7 Å². The van der Waals surface area contributed by atoms with Gasteiger partial charge in [0.2, 0.25) is 0 Å². The highest BCUT2D eigenvalue weighted by Gasteiger charge is 1.95. The van der Waals surface area contributed by atoms with Gasteiger partial charge < -0.3 is 4.74 Å². The zero-order valence-electron chi connectivity index (χ0n) is 12.5. The van der Waals surface area contributed by atoms with E-state index in [4.69, 9.17) is 4.74 Å². The van der Waals surface area contributed by atoms with E-state index in [1.165, 1.54) is 5.56 Å². The highest BCUT2D eigenvalue weighted by molar-refractivity contribution is 5.80. The smallest absolute Gasteiger partial charge is 0.0717 e. The fourth-order valence-electron chi connectivity index (χ4n) is 1.89. The summed E-state index contributed by atoms with van der Waals surface area (Å²) in [5.41, 5.74) is 6.23. The van der Waals surface area contributed by atoms with Crippen LogP contribution in [0, 0.1) is 0 Å². The Hall–Kier alpha value is -2.13. The van der Waals surface area contributed by atoms with Crippen molar-refractivity contribution in [3.63, 3.8) is 0 Å². The summed E-state index contributed by atoms with van der Waals surface area (Å²) in [4.78, 5) is 0. The van der Waals surface area contributed by atoms with Gasteiger partial charge >= 0.3 is 0 Å². The molecule has 0 heterocycles. The third kappa shape index (κ3) is 5.79. The molecule has 3 nitrogen and oxygen atoms in total. The number of unbranched alkanes of at least 4 members (excludes halogenated alkanes) is 1. The number of ether oxygens (including phenoxy) is 1. The van der Waals surface area contributed by atoms with Crippen LogP contribution in [0.1, 0.15) is 30.9 Å². The molecule has 0 amide bonds. The molecule has 0 unspecified atom stereocenters. The lowest BCUT2D eigenvalue weighted by molar-refractivity contribution is 0.118. The third-order valence-corrected chi connectivity index (χ3v) is 3.04. The molecule has 0 radical (unpaired) electrons. The first-order valence-electron chi connectivity index (χ1n) is 7.39. The maximum atomic E-state index is 5.63. The lowest BCUT2D eigenvalue weighted by atomic mass is 10.1. The molecule has 1 N–H and O–H groups in total. The van der Waals surface area contributed by atoms with E-state index >= 15 is 0 Å². The largest absolute Gasteiger partial charge is 0.377 e. The monoisotopic (exact) mass is 282 g/mol. The van der Waals surface area contributed by atoms with Crippen molar-refractivity contribution in [2.45, 2.75) is 26.4 Å². The van der Waals surface area contributed by atoms with Crippen LogP contribution in [0.15, 0.2) is 59.7 Å². The number of hydrogen-bond donors (Lipinski definition) is 1. The van der Waals surface area contributed by atoms with Crippen molar-refractivity contribution in [3.05, 3.63) is 65.7 Å². The fraction of sp³-hybridized carbons (Fsp3) is 0.278. The number of hydrogen-bond acceptors (Lipinski definition) is 3. The zero-order valence-corrected chi connectivity index (χ0v) is 12.5. The SMILES string of the molecule is CCCCOCc1cccc(C=NNc2ccccc2)c1. The zero-order chi connectivity index (χ0) is 14.8. The summed E-state index contributed by atoms with van der Waals surface area (Å²) in [5, 5.41) is 4.25. The number of para-hydroxylation sites is 1. The molecule has 0 saturated heterocycles. The van der Waals surface area contributed by atoms with Crippen LogP contribution in [0.4, 0.5) is 5.69 Å². The van der Waals surface area contributed by atoms with E-state index in [2.05, 4.69) is 29.6 Å². The number of nitrogens with zero attached hydrogens (tertiary/aromatic N) is 1. The third-order valence-electron chi connectivity index (χ3n) is 3.04. The first kappa shape index (κ1) is 15.3. The lowest BCUT2D eigenvalue weighted by Crippen LogP contribution is -1.96. The molecule has 0 aliphatic heterocycles. The lowest BCUT2D eigenvalue weighted by Gasteiger charge is -2.04. The Kier molecular flexibility index (Phi) is 6.49. The molecule has 0 fully saturated rings. The molecule has 0 aliphatic rings. The molecule has 0 spiro atoms. The highest BCUT2D eigenvalue weighted by atomic mass is 16.5. The standard InChI is InChI=1S/C18H22N2O/c1-2-3-12-21-15-17-9-7-8-16(13-17)14-19-20-18-10-5-4-6-11-18/h4-11,13-14,20H,2-3,12,15H2,1H3. The van der Waals surface area contributed by atoms with Gasteiger partial charge in [-0.15, -0.1) is 0 Å². The Morgan fingerprint density at radius 1 is 1.10 bits per heavy atom. The molecule has 0 bridgehead atoms. The van der Waals surface area contributed by atoms with Crippen molar-refractivity contribution in [1.29, 1.82) is 0 Å². The van der Waals surface area contributed by atoms with E-state index in [-0.39, 0.29) is 0 Å².